The molecule has 2 aromatic rings. The van der Waals surface area contributed by atoms with Crippen molar-refractivity contribution in [2.24, 2.45) is 0 Å². The zero-order valence-electron chi connectivity index (χ0n) is 16.4. The lowest BCUT2D eigenvalue weighted by Gasteiger charge is -2.50. The SMILES string of the molecule is C[C@]1(NC(=O)Cn2cnc3ccccc3c2=O)CC2(CCNCC2)OC[C@@H]1O.Cl. The molecule has 0 radical (unpaired) electrons. The molecule has 1 spiro atoms. The summed E-state index contributed by atoms with van der Waals surface area (Å²) in [7, 11) is 0. The number of ether oxygens (including phenoxy) is 1. The Morgan fingerprint density at radius 2 is 2.10 bits per heavy atom. The molecule has 0 saturated carbocycles. The fourth-order valence-corrected chi connectivity index (χ4v) is 4.34. The summed E-state index contributed by atoms with van der Waals surface area (Å²) >= 11 is 0. The number of benzene rings is 1. The summed E-state index contributed by atoms with van der Waals surface area (Å²) in [4.78, 5) is 29.6. The van der Waals surface area contributed by atoms with Crippen LogP contribution in [0.5, 0.6) is 0 Å². The number of hydrogen-bond donors (Lipinski definition) is 3. The summed E-state index contributed by atoms with van der Waals surface area (Å²) in [6.07, 6.45) is 2.82. The highest BCUT2D eigenvalue weighted by molar-refractivity contribution is 5.85. The number of rotatable bonds is 3. The molecular weight excluding hydrogens is 396 g/mol. The number of para-hydroxylation sites is 1. The van der Waals surface area contributed by atoms with Crippen LogP contribution in [0.25, 0.3) is 10.9 Å². The predicted molar refractivity (Wildman–Crippen MR) is 111 cm³/mol. The van der Waals surface area contributed by atoms with Crippen molar-refractivity contribution in [3.05, 3.63) is 40.9 Å². The Morgan fingerprint density at radius 1 is 1.38 bits per heavy atom. The van der Waals surface area contributed by atoms with Gasteiger partial charge in [-0.25, -0.2) is 4.98 Å². The highest BCUT2D eigenvalue weighted by Gasteiger charge is 2.49. The summed E-state index contributed by atoms with van der Waals surface area (Å²) < 4.78 is 7.27. The highest BCUT2D eigenvalue weighted by atomic mass is 35.5. The van der Waals surface area contributed by atoms with Gasteiger partial charge in [-0.05, 0) is 45.0 Å². The molecule has 2 atom stereocenters. The summed E-state index contributed by atoms with van der Waals surface area (Å²) in [6.45, 7) is 3.61. The van der Waals surface area contributed by atoms with Gasteiger partial charge in [-0.1, -0.05) is 12.1 Å². The Hall–Kier alpha value is -2.00. The molecule has 29 heavy (non-hydrogen) atoms. The molecule has 2 fully saturated rings. The molecule has 2 aliphatic rings. The number of fused-ring (bicyclic) bond motifs is 1. The van der Waals surface area contributed by atoms with Crippen LogP contribution in [0.4, 0.5) is 0 Å². The zero-order valence-corrected chi connectivity index (χ0v) is 17.2. The standard InChI is InChI=1S/C20H26N4O4.ClH/c1-19(12-20(28-11-16(19)25)6-8-21-9-7-20)23-17(26)10-24-13-22-15-5-3-2-4-14(15)18(24)27;/h2-5,13,16,21,25H,6-12H2,1H3,(H,23,26);1H/t16-,19-;/m0./s1. The van der Waals surface area contributed by atoms with E-state index in [1.807, 2.05) is 13.0 Å². The van der Waals surface area contributed by atoms with Crippen LogP contribution in [0, 0.1) is 0 Å². The van der Waals surface area contributed by atoms with Gasteiger partial charge in [0.25, 0.3) is 5.56 Å². The summed E-state index contributed by atoms with van der Waals surface area (Å²) in [5.41, 5.74) is -0.786. The van der Waals surface area contributed by atoms with Crippen LogP contribution in [0.3, 0.4) is 0 Å². The molecule has 0 bridgehead atoms. The molecule has 1 aromatic carbocycles. The van der Waals surface area contributed by atoms with Crippen LogP contribution in [-0.2, 0) is 16.1 Å². The van der Waals surface area contributed by atoms with Gasteiger partial charge in [-0.2, -0.15) is 0 Å². The molecule has 2 saturated heterocycles. The number of carbonyl (C=O) groups is 1. The van der Waals surface area contributed by atoms with Crippen LogP contribution in [0.15, 0.2) is 35.4 Å². The molecule has 0 aliphatic carbocycles. The lowest BCUT2D eigenvalue weighted by atomic mass is 9.75. The van der Waals surface area contributed by atoms with Crippen LogP contribution in [0.1, 0.15) is 26.2 Å². The Morgan fingerprint density at radius 3 is 2.86 bits per heavy atom. The van der Waals surface area contributed by atoms with Gasteiger partial charge < -0.3 is 20.5 Å². The van der Waals surface area contributed by atoms with Gasteiger partial charge in [0, 0.05) is 6.42 Å². The highest BCUT2D eigenvalue weighted by Crippen LogP contribution is 2.38. The van der Waals surface area contributed by atoms with E-state index in [0.717, 1.165) is 25.9 Å². The number of halogens is 1. The molecule has 8 nitrogen and oxygen atoms in total. The second-order valence-electron chi connectivity index (χ2n) is 8.10. The summed E-state index contributed by atoms with van der Waals surface area (Å²) in [5.74, 6) is -0.327. The number of nitrogens with one attached hydrogen (secondary N) is 2. The first-order valence-electron chi connectivity index (χ1n) is 9.69. The Kier molecular flexibility index (Phi) is 6.28. The first kappa shape index (κ1) is 21.7. The van der Waals surface area contributed by atoms with Crippen molar-refractivity contribution in [3.63, 3.8) is 0 Å². The lowest BCUT2D eigenvalue weighted by Crippen LogP contribution is -2.65. The number of piperidine rings is 1. The number of nitrogens with zero attached hydrogens (tertiary/aromatic N) is 2. The fourth-order valence-electron chi connectivity index (χ4n) is 4.34. The van der Waals surface area contributed by atoms with E-state index in [2.05, 4.69) is 15.6 Å². The molecule has 158 valence electrons. The summed E-state index contributed by atoms with van der Waals surface area (Å²) in [6, 6.07) is 7.05. The van der Waals surface area contributed by atoms with Gasteiger partial charge in [-0.15, -0.1) is 12.4 Å². The van der Waals surface area contributed by atoms with Crippen LogP contribution in [0.2, 0.25) is 0 Å². The van der Waals surface area contributed by atoms with E-state index in [4.69, 9.17) is 4.74 Å². The van der Waals surface area contributed by atoms with Crippen LogP contribution < -0.4 is 16.2 Å². The van der Waals surface area contributed by atoms with Crippen LogP contribution >= 0.6 is 12.4 Å². The second kappa shape index (κ2) is 8.39. The maximum Gasteiger partial charge on any atom is 0.261 e. The topological polar surface area (TPSA) is 105 Å². The van der Waals surface area contributed by atoms with Crippen molar-refractivity contribution in [1.29, 1.82) is 0 Å². The minimum absolute atomic E-state index is 0. The second-order valence-corrected chi connectivity index (χ2v) is 8.10. The fraction of sp³-hybridized carbons (Fsp3) is 0.550. The smallest absolute Gasteiger partial charge is 0.261 e. The van der Waals surface area contributed by atoms with Crippen molar-refractivity contribution >= 4 is 29.2 Å². The number of aliphatic hydroxyl groups excluding tert-OH is 1. The van der Waals surface area contributed by atoms with E-state index in [1.165, 1.54) is 10.9 Å². The van der Waals surface area contributed by atoms with Crippen molar-refractivity contribution in [3.8, 4) is 0 Å². The third kappa shape index (κ3) is 4.30. The first-order chi connectivity index (χ1) is 13.4. The van der Waals surface area contributed by atoms with Crippen molar-refractivity contribution in [1.82, 2.24) is 20.2 Å². The molecule has 1 amide bonds. The van der Waals surface area contributed by atoms with Crippen molar-refractivity contribution in [2.45, 2.75) is 50.0 Å². The number of aromatic nitrogens is 2. The average Bonchev–Trinajstić information content (AvgIpc) is 2.68. The number of carbonyl (C=O) groups excluding carboxylic acids is 1. The number of amides is 1. The quantitative estimate of drug-likeness (QED) is 0.668. The Balaban J connectivity index is 0.00000240. The lowest BCUT2D eigenvalue weighted by molar-refractivity contribution is -0.174. The molecule has 0 unspecified atom stereocenters. The first-order valence-corrected chi connectivity index (χ1v) is 9.69. The molecular formula is C20H27ClN4O4. The third-order valence-electron chi connectivity index (χ3n) is 5.96. The van der Waals surface area contributed by atoms with Gasteiger partial charge in [0.2, 0.25) is 5.91 Å². The molecule has 2 aliphatic heterocycles. The summed E-state index contributed by atoms with van der Waals surface area (Å²) in [5, 5.41) is 17.3. The number of hydrogen-bond acceptors (Lipinski definition) is 6. The van der Waals surface area contributed by atoms with Gasteiger partial charge in [0.05, 0.1) is 35.0 Å². The Labute approximate surface area is 175 Å². The van der Waals surface area contributed by atoms with Crippen molar-refractivity contribution in [2.75, 3.05) is 19.7 Å². The largest absolute Gasteiger partial charge is 0.388 e. The molecule has 9 heteroatoms. The normalized spacial score (nSPS) is 26.1. The third-order valence-corrected chi connectivity index (χ3v) is 5.96. The number of aliphatic hydroxyl groups is 1. The van der Waals surface area contributed by atoms with E-state index >= 15 is 0 Å². The molecule has 1 aromatic heterocycles. The van der Waals surface area contributed by atoms with Gasteiger partial charge in [-0.3, -0.25) is 14.2 Å². The van der Waals surface area contributed by atoms with E-state index in [1.54, 1.807) is 18.2 Å². The molecule has 3 heterocycles. The average molecular weight is 423 g/mol. The van der Waals surface area contributed by atoms with Crippen molar-refractivity contribution < 1.29 is 14.6 Å². The van der Waals surface area contributed by atoms with Crippen LogP contribution in [-0.4, -0.2) is 57.5 Å². The maximum atomic E-state index is 12.7. The van der Waals surface area contributed by atoms with E-state index in [9.17, 15) is 14.7 Å². The van der Waals surface area contributed by atoms with E-state index in [0.29, 0.717) is 17.3 Å². The van der Waals surface area contributed by atoms with Gasteiger partial charge in [0.15, 0.2) is 0 Å². The van der Waals surface area contributed by atoms with E-state index < -0.39 is 11.6 Å². The molecule has 4 rings (SSSR count). The van der Waals surface area contributed by atoms with Gasteiger partial charge in [0.1, 0.15) is 12.6 Å². The molecule has 3 N–H and O–H groups in total. The minimum Gasteiger partial charge on any atom is -0.388 e. The zero-order chi connectivity index (χ0) is 19.8. The maximum absolute atomic E-state index is 12.7. The Bertz CT molecular complexity index is 943. The minimum atomic E-state index is -0.805. The monoisotopic (exact) mass is 422 g/mol. The van der Waals surface area contributed by atoms with E-state index in [-0.39, 0.29) is 42.6 Å². The predicted octanol–water partition coefficient (Wildman–Crippen LogP) is 0.597. The van der Waals surface area contributed by atoms with Gasteiger partial charge >= 0.3 is 0 Å².